The van der Waals surface area contributed by atoms with E-state index in [2.05, 4.69) is 10.6 Å². The predicted molar refractivity (Wildman–Crippen MR) is 75.0 cm³/mol. The Labute approximate surface area is 113 Å². The van der Waals surface area contributed by atoms with E-state index in [-0.39, 0.29) is 12.6 Å². The molecule has 1 unspecified atom stereocenters. The smallest absolute Gasteiger partial charge is 0.314 e. The standard InChI is InChI=1S/C12H24N2O3S/c1-5-12(6-2,10(15)16)8-14-11(17)13-7-9(3)18-4/h9H,5-8H2,1-4H3,(H,15,16)(H2,13,14,17). The number of urea groups is 1. The summed E-state index contributed by atoms with van der Waals surface area (Å²) in [4.78, 5) is 22.8. The summed E-state index contributed by atoms with van der Waals surface area (Å²) < 4.78 is 0. The molecule has 5 nitrogen and oxygen atoms in total. The number of carbonyl (C=O) groups is 2. The molecule has 0 aromatic carbocycles. The van der Waals surface area contributed by atoms with E-state index >= 15 is 0 Å². The third kappa shape index (κ3) is 5.16. The SMILES string of the molecule is CCC(CC)(CNC(=O)NCC(C)SC)C(=O)O. The van der Waals surface area contributed by atoms with Gasteiger partial charge < -0.3 is 15.7 Å². The van der Waals surface area contributed by atoms with E-state index in [0.29, 0.717) is 24.6 Å². The molecular formula is C12H24N2O3S. The van der Waals surface area contributed by atoms with E-state index in [1.807, 2.05) is 27.0 Å². The van der Waals surface area contributed by atoms with E-state index in [4.69, 9.17) is 0 Å². The molecule has 18 heavy (non-hydrogen) atoms. The van der Waals surface area contributed by atoms with Crippen molar-refractivity contribution in [1.29, 1.82) is 0 Å². The molecule has 3 N–H and O–H groups in total. The Morgan fingerprint density at radius 3 is 2.22 bits per heavy atom. The topological polar surface area (TPSA) is 78.4 Å². The maximum Gasteiger partial charge on any atom is 0.314 e. The number of carboxylic acids is 1. The number of amides is 2. The van der Waals surface area contributed by atoms with Crippen LogP contribution < -0.4 is 10.6 Å². The highest BCUT2D eigenvalue weighted by Crippen LogP contribution is 2.25. The van der Waals surface area contributed by atoms with Crippen LogP contribution in [0.3, 0.4) is 0 Å². The normalized spacial score (nSPS) is 12.9. The maximum atomic E-state index is 11.5. The molecule has 0 bridgehead atoms. The van der Waals surface area contributed by atoms with Gasteiger partial charge in [0.2, 0.25) is 0 Å². The first-order valence-electron chi connectivity index (χ1n) is 6.19. The van der Waals surface area contributed by atoms with Gasteiger partial charge in [0.15, 0.2) is 0 Å². The summed E-state index contributed by atoms with van der Waals surface area (Å²) in [6.07, 6.45) is 2.98. The number of carboxylic acid groups (broad SMARTS) is 1. The van der Waals surface area contributed by atoms with Gasteiger partial charge in [0.05, 0.1) is 5.41 Å². The van der Waals surface area contributed by atoms with Crippen molar-refractivity contribution in [2.75, 3.05) is 19.3 Å². The van der Waals surface area contributed by atoms with Crippen molar-refractivity contribution in [3.63, 3.8) is 0 Å². The average Bonchev–Trinajstić information content (AvgIpc) is 2.37. The van der Waals surface area contributed by atoms with Crippen LogP contribution in [0.2, 0.25) is 0 Å². The predicted octanol–water partition coefficient (Wildman–Crippen LogP) is 1.93. The van der Waals surface area contributed by atoms with Gasteiger partial charge in [-0.05, 0) is 19.1 Å². The van der Waals surface area contributed by atoms with Gasteiger partial charge in [-0.25, -0.2) is 4.79 Å². The molecule has 106 valence electrons. The van der Waals surface area contributed by atoms with Gasteiger partial charge in [-0.3, -0.25) is 4.79 Å². The molecule has 2 amide bonds. The molecule has 0 heterocycles. The number of thioether (sulfide) groups is 1. The molecule has 0 spiro atoms. The van der Waals surface area contributed by atoms with Crippen LogP contribution in [-0.2, 0) is 4.79 Å². The minimum atomic E-state index is -0.859. The zero-order chi connectivity index (χ0) is 14.2. The first kappa shape index (κ1) is 17.1. The molecule has 0 saturated carbocycles. The van der Waals surface area contributed by atoms with Crippen LogP contribution >= 0.6 is 11.8 Å². The molecule has 0 aliphatic rings. The molecule has 0 aliphatic heterocycles. The van der Waals surface area contributed by atoms with Gasteiger partial charge in [-0.1, -0.05) is 20.8 Å². The summed E-state index contributed by atoms with van der Waals surface area (Å²) in [5, 5.41) is 14.9. The van der Waals surface area contributed by atoms with Crippen molar-refractivity contribution >= 4 is 23.8 Å². The molecule has 0 saturated heterocycles. The van der Waals surface area contributed by atoms with Crippen LogP contribution in [0, 0.1) is 5.41 Å². The quantitative estimate of drug-likeness (QED) is 0.633. The van der Waals surface area contributed by atoms with Gasteiger partial charge in [-0.2, -0.15) is 11.8 Å². The zero-order valence-electron chi connectivity index (χ0n) is 11.6. The number of rotatable bonds is 8. The summed E-state index contributed by atoms with van der Waals surface area (Å²) in [6, 6.07) is -0.302. The van der Waals surface area contributed by atoms with Crippen LogP contribution in [0.4, 0.5) is 4.79 Å². The highest BCUT2D eigenvalue weighted by molar-refractivity contribution is 7.99. The molecular weight excluding hydrogens is 252 g/mol. The highest BCUT2D eigenvalue weighted by atomic mass is 32.2. The number of aliphatic carboxylic acids is 1. The summed E-state index contributed by atoms with van der Waals surface area (Å²) in [5.74, 6) is -0.856. The summed E-state index contributed by atoms with van der Waals surface area (Å²) in [6.45, 7) is 6.41. The largest absolute Gasteiger partial charge is 0.481 e. The second-order valence-corrected chi connectivity index (χ2v) is 5.68. The van der Waals surface area contributed by atoms with Crippen molar-refractivity contribution in [3.8, 4) is 0 Å². The molecule has 0 aliphatic carbocycles. The van der Waals surface area contributed by atoms with Crippen molar-refractivity contribution in [3.05, 3.63) is 0 Å². The van der Waals surface area contributed by atoms with Crippen molar-refractivity contribution < 1.29 is 14.7 Å². The monoisotopic (exact) mass is 276 g/mol. The fourth-order valence-electron chi connectivity index (χ4n) is 1.51. The van der Waals surface area contributed by atoms with Crippen molar-refractivity contribution in [2.45, 2.75) is 38.9 Å². The number of nitrogens with one attached hydrogen (secondary N) is 2. The lowest BCUT2D eigenvalue weighted by Crippen LogP contribution is -2.46. The van der Waals surface area contributed by atoms with Crippen LogP contribution in [0.5, 0.6) is 0 Å². The van der Waals surface area contributed by atoms with E-state index in [1.165, 1.54) is 0 Å². The van der Waals surface area contributed by atoms with E-state index < -0.39 is 11.4 Å². The number of hydrogen-bond donors (Lipinski definition) is 3. The fourth-order valence-corrected chi connectivity index (χ4v) is 1.76. The Bertz CT molecular complexity index is 280. The molecule has 0 radical (unpaired) electrons. The minimum Gasteiger partial charge on any atom is -0.481 e. The lowest BCUT2D eigenvalue weighted by molar-refractivity contribution is -0.149. The Morgan fingerprint density at radius 2 is 1.83 bits per heavy atom. The van der Waals surface area contributed by atoms with Crippen LogP contribution in [0.1, 0.15) is 33.6 Å². The minimum absolute atomic E-state index is 0.162. The first-order valence-corrected chi connectivity index (χ1v) is 7.48. The van der Waals surface area contributed by atoms with Gasteiger partial charge in [0, 0.05) is 18.3 Å². The third-order valence-electron chi connectivity index (χ3n) is 3.35. The Morgan fingerprint density at radius 1 is 1.28 bits per heavy atom. The Balaban J connectivity index is 4.20. The first-order chi connectivity index (χ1) is 8.41. The van der Waals surface area contributed by atoms with Crippen molar-refractivity contribution in [2.24, 2.45) is 5.41 Å². The van der Waals surface area contributed by atoms with Crippen LogP contribution in [0.25, 0.3) is 0 Å². The van der Waals surface area contributed by atoms with Crippen molar-refractivity contribution in [1.82, 2.24) is 10.6 Å². The highest BCUT2D eigenvalue weighted by Gasteiger charge is 2.35. The van der Waals surface area contributed by atoms with E-state index in [9.17, 15) is 14.7 Å². The maximum absolute atomic E-state index is 11.5. The Hall–Kier alpha value is -0.910. The van der Waals surface area contributed by atoms with Gasteiger partial charge in [0.1, 0.15) is 0 Å². The second kappa shape index (κ2) is 8.24. The van der Waals surface area contributed by atoms with Crippen LogP contribution in [-0.4, -0.2) is 41.7 Å². The zero-order valence-corrected chi connectivity index (χ0v) is 12.4. The number of carbonyl (C=O) groups excluding carboxylic acids is 1. The lowest BCUT2D eigenvalue weighted by Gasteiger charge is -2.26. The average molecular weight is 276 g/mol. The number of hydrogen-bond acceptors (Lipinski definition) is 3. The molecule has 0 aromatic rings. The fraction of sp³-hybridized carbons (Fsp3) is 0.833. The Kier molecular flexibility index (Phi) is 7.82. The van der Waals surface area contributed by atoms with Gasteiger partial charge >= 0.3 is 12.0 Å². The summed E-state index contributed by atoms with van der Waals surface area (Å²) >= 11 is 1.67. The van der Waals surface area contributed by atoms with Gasteiger partial charge in [-0.15, -0.1) is 0 Å². The molecule has 6 heteroatoms. The van der Waals surface area contributed by atoms with Crippen LogP contribution in [0.15, 0.2) is 0 Å². The lowest BCUT2D eigenvalue weighted by atomic mass is 9.82. The summed E-state index contributed by atoms with van der Waals surface area (Å²) in [7, 11) is 0. The third-order valence-corrected chi connectivity index (χ3v) is 4.32. The molecule has 0 rings (SSSR count). The van der Waals surface area contributed by atoms with E-state index in [0.717, 1.165) is 0 Å². The van der Waals surface area contributed by atoms with Gasteiger partial charge in [0.25, 0.3) is 0 Å². The molecule has 0 aromatic heterocycles. The summed E-state index contributed by atoms with van der Waals surface area (Å²) in [5.41, 5.74) is -0.859. The van der Waals surface area contributed by atoms with E-state index in [1.54, 1.807) is 11.8 Å². The molecule has 0 fully saturated rings. The second-order valence-electron chi connectivity index (χ2n) is 4.40. The molecule has 1 atom stereocenters.